The molecular weight excluding hydrogens is 240 g/mol. The lowest BCUT2D eigenvalue weighted by atomic mass is 10.1. The molecule has 0 heterocycles. The number of carboxylic acids is 1. The van der Waals surface area contributed by atoms with Crippen molar-refractivity contribution in [3.05, 3.63) is 0 Å². The van der Waals surface area contributed by atoms with E-state index < -0.39 is 17.5 Å². The third kappa shape index (κ3) is 5.83. The number of rotatable bonds is 8. The van der Waals surface area contributed by atoms with Crippen LogP contribution in [-0.2, 0) is 14.3 Å². The molecule has 0 aromatic carbocycles. The van der Waals surface area contributed by atoms with Crippen LogP contribution in [0.4, 0.5) is 4.79 Å². The van der Waals surface area contributed by atoms with E-state index in [1.807, 2.05) is 0 Å². The summed E-state index contributed by atoms with van der Waals surface area (Å²) in [4.78, 5) is 24.3. The van der Waals surface area contributed by atoms with E-state index in [9.17, 15) is 9.59 Å². The van der Waals surface area contributed by atoms with Crippen molar-refractivity contribution in [1.29, 1.82) is 0 Å². The van der Waals surface area contributed by atoms with Crippen LogP contribution in [0.25, 0.3) is 0 Å². The third-order valence-electron chi connectivity index (χ3n) is 2.37. The predicted molar refractivity (Wildman–Crippen MR) is 65.6 cm³/mol. The first kappa shape index (κ1) is 16.7. The summed E-state index contributed by atoms with van der Waals surface area (Å²) in [5, 5.41) is 11.4. The third-order valence-corrected chi connectivity index (χ3v) is 2.37. The van der Waals surface area contributed by atoms with E-state index in [1.165, 1.54) is 33.0 Å². The highest BCUT2D eigenvalue weighted by Crippen LogP contribution is 2.03. The predicted octanol–water partition coefficient (Wildman–Crippen LogP) is 0.154. The lowest BCUT2D eigenvalue weighted by Gasteiger charge is -2.28. The molecule has 0 aliphatic carbocycles. The molecule has 0 rings (SSSR count). The van der Waals surface area contributed by atoms with Gasteiger partial charge < -0.3 is 24.8 Å². The molecule has 18 heavy (non-hydrogen) atoms. The number of nitrogens with zero attached hydrogens (tertiary/aromatic N) is 1. The molecule has 0 atom stereocenters. The molecule has 0 aromatic rings. The highest BCUT2D eigenvalue weighted by molar-refractivity contribution is 5.85. The Labute approximate surface area is 107 Å². The summed E-state index contributed by atoms with van der Waals surface area (Å²) in [7, 11) is 3.07. The van der Waals surface area contributed by atoms with Crippen LogP contribution < -0.4 is 5.32 Å². The second-order valence-electron chi connectivity index (χ2n) is 4.33. The van der Waals surface area contributed by atoms with Crippen LogP contribution in [0.5, 0.6) is 0 Å². The average Bonchev–Trinajstić information content (AvgIpc) is 2.28. The summed E-state index contributed by atoms with van der Waals surface area (Å²) >= 11 is 0. The Bertz CT molecular complexity index is 273. The van der Waals surface area contributed by atoms with Gasteiger partial charge in [0, 0.05) is 27.3 Å². The van der Waals surface area contributed by atoms with E-state index in [4.69, 9.17) is 14.6 Å². The van der Waals surface area contributed by atoms with Crippen molar-refractivity contribution < 1.29 is 24.2 Å². The highest BCUT2D eigenvalue weighted by atomic mass is 16.5. The summed E-state index contributed by atoms with van der Waals surface area (Å²) in [5.74, 6) is -1.09. The first-order valence-electron chi connectivity index (χ1n) is 5.63. The van der Waals surface area contributed by atoms with Crippen molar-refractivity contribution in [1.82, 2.24) is 10.2 Å². The quantitative estimate of drug-likeness (QED) is 0.650. The van der Waals surface area contributed by atoms with Gasteiger partial charge >= 0.3 is 12.0 Å². The molecule has 2 amide bonds. The SMILES string of the molecule is COCCN(CCOC)C(=O)NC(C)(C)C(=O)O. The van der Waals surface area contributed by atoms with Gasteiger partial charge in [-0.05, 0) is 13.8 Å². The minimum Gasteiger partial charge on any atom is -0.480 e. The monoisotopic (exact) mass is 262 g/mol. The van der Waals surface area contributed by atoms with E-state index >= 15 is 0 Å². The van der Waals surface area contributed by atoms with Gasteiger partial charge in [0.2, 0.25) is 0 Å². The topological polar surface area (TPSA) is 88.1 Å². The summed E-state index contributed by atoms with van der Waals surface area (Å²) in [6, 6.07) is -0.448. The number of hydrogen-bond acceptors (Lipinski definition) is 4. The number of methoxy groups -OCH3 is 2. The molecule has 0 aliphatic rings. The summed E-state index contributed by atoms with van der Waals surface area (Å²) in [5.41, 5.74) is -1.31. The van der Waals surface area contributed by atoms with Crippen LogP contribution in [0.1, 0.15) is 13.8 Å². The smallest absolute Gasteiger partial charge is 0.328 e. The molecule has 0 spiro atoms. The minimum absolute atomic E-state index is 0.376. The fourth-order valence-electron chi connectivity index (χ4n) is 1.12. The number of carbonyl (C=O) groups is 2. The highest BCUT2D eigenvalue weighted by Gasteiger charge is 2.30. The van der Waals surface area contributed by atoms with Crippen molar-refractivity contribution in [3.8, 4) is 0 Å². The Balaban J connectivity index is 4.49. The molecule has 0 radical (unpaired) electrons. The Morgan fingerprint density at radius 1 is 1.17 bits per heavy atom. The number of carbonyl (C=O) groups excluding carboxylic acids is 1. The number of aliphatic carboxylic acids is 1. The fraction of sp³-hybridized carbons (Fsp3) is 0.818. The van der Waals surface area contributed by atoms with Gasteiger partial charge in [-0.25, -0.2) is 9.59 Å². The van der Waals surface area contributed by atoms with Crippen molar-refractivity contribution in [2.75, 3.05) is 40.5 Å². The first-order chi connectivity index (χ1) is 8.35. The minimum atomic E-state index is -1.31. The maximum atomic E-state index is 11.9. The Kier molecular flexibility index (Phi) is 7.30. The number of ether oxygens (including phenoxy) is 2. The van der Waals surface area contributed by atoms with Gasteiger partial charge in [0.25, 0.3) is 0 Å². The zero-order valence-electron chi connectivity index (χ0n) is 11.4. The number of carboxylic acid groups (broad SMARTS) is 1. The maximum absolute atomic E-state index is 11.9. The second kappa shape index (κ2) is 7.88. The van der Waals surface area contributed by atoms with E-state index in [1.54, 1.807) is 0 Å². The van der Waals surface area contributed by atoms with Gasteiger partial charge in [0.05, 0.1) is 13.2 Å². The molecule has 0 bridgehead atoms. The summed E-state index contributed by atoms with van der Waals surface area (Å²) in [6.07, 6.45) is 0. The van der Waals surface area contributed by atoms with Crippen LogP contribution >= 0.6 is 0 Å². The standard InChI is InChI=1S/C11H22N2O5/c1-11(2,9(14)15)12-10(16)13(5-7-17-3)6-8-18-4/h5-8H2,1-4H3,(H,12,16)(H,14,15). The van der Waals surface area contributed by atoms with Crippen LogP contribution in [-0.4, -0.2) is 68.1 Å². The van der Waals surface area contributed by atoms with Gasteiger partial charge in [-0.15, -0.1) is 0 Å². The molecule has 2 N–H and O–H groups in total. The summed E-state index contributed by atoms with van der Waals surface area (Å²) in [6.45, 7) is 4.37. The fourth-order valence-corrected chi connectivity index (χ4v) is 1.12. The van der Waals surface area contributed by atoms with Crippen molar-refractivity contribution in [3.63, 3.8) is 0 Å². The maximum Gasteiger partial charge on any atom is 0.328 e. The van der Waals surface area contributed by atoms with Gasteiger partial charge in [-0.2, -0.15) is 0 Å². The molecule has 0 saturated heterocycles. The van der Waals surface area contributed by atoms with Crippen LogP contribution in [0.15, 0.2) is 0 Å². The van der Waals surface area contributed by atoms with Crippen LogP contribution in [0, 0.1) is 0 Å². The number of amides is 2. The zero-order valence-corrected chi connectivity index (χ0v) is 11.4. The molecule has 106 valence electrons. The second-order valence-corrected chi connectivity index (χ2v) is 4.33. The first-order valence-corrected chi connectivity index (χ1v) is 5.63. The molecule has 0 unspecified atom stereocenters. The number of hydrogen-bond donors (Lipinski definition) is 2. The van der Waals surface area contributed by atoms with E-state index in [-0.39, 0.29) is 0 Å². The summed E-state index contributed by atoms with van der Waals surface area (Å²) < 4.78 is 9.80. The molecule has 7 heteroatoms. The molecular formula is C11H22N2O5. The van der Waals surface area contributed by atoms with Gasteiger partial charge in [-0.3, -0.25) is 0 Å². The molecule has 0 aromatic heterocycles. The molecule has 0 aliphatic heterocycles. The molecule has 7 nitrogen and oxygen atoms in total. The lowest BCUT2D eigenvalue weighted by Crippen LogP contribution is -2.55. The van der Waals surface area contributed by atoms with E-state index in [0.717, 1.165) is 0 Å². The Morgan fingerprint density at radius 3 is 1.94 bits per heavy atom. The molecule has 0 saturated carbocycles. The van der Waals surface area contributed by atoms with Gasteiger partial charge in [-0.1, -0.05) is 0 Å². The van der Waals surface area contributed by atoms with Gasteiger partial charge in [0.1, 0.15) is 5.54 Å². The van der Waals surface area contributed by atoms with Crippen molar-refractivity contribution in [2.45, 2.75) is 19.4 Å². The average molecular weight is 262 g/mol. The van der Waals surface area contributed by atoms with E-state index in [2.05, 4.69) is 5.32 Å². The number of urea groups is 1. The number of nitrogens with one attached hydrogen (secondary N) is 1. The molecule has 0 fully saturated rings. The largest absolute Gasteiger partial charge is 0.480 e. The van der Waals surface area contributed by atoms with Crippen molar-refractivity contribution >= 4 is 12.0 Å². The normalized spacial score (nSPS) is 11.1. The Hall–Kier alpha value is -1.34. The van der Waals surface area contributed by atoms with E-state index in [0.29, 0.717) is 26.3 Å². The van der Waals surface area contributed by atoms with Crippen LogP contribution in [0.2, 0.25) is 0 Å². The zero-order chi connectivity index (χ0) is 14.2. The van der Waals surface area contributed by atoms with Crippen LogP contribution in [0.3, 0.4) is 0 Å². The van der Waals surface area contributed by atoms with Crippen molar-refractivity contribution in [2.24, 2.45) is 0 Å². The van der Waals surface area contributed by atoms with Gasteiger partial charge in [0.15, 0.2) is 0 Å². The lowest BCUT2D eigenvalue weighted by molar-refractivity contribution is -0.143. The Morgan fingerprint density at radius 2 is 1.61 bits per heavy atom.